The van der Waals surface area contributed by atoms with E-state index in [1.807, 2.05) is 32.2 Å². The second-order valence-corrected chi connectivity index (χ2v) is 12.7. The van der Waals surface area contributed by atoms with Gasteiger partial charge in [-0.2, -0.15) is 18.2 Å². The summed E-state index contributed by atoms with van der Waals surface area (Å²) >= 11 is 6.60. The molecule has 8 nitrogen and oxygen atoms in total. The molecule has 2 aliphatic rings. The number of fused-ring (bicyclic) bond motifs is 1. The smallest absolute Gasteiger partial charge is 0.368 e. The maximum absolute atomic E-state index is 14.4. The number of likely N-dealkylation sites (N-methyl/N-ethyl adjacent to an activating group) is 1. The number of nitrogens with zero attached hydrogens (tertiary/aromatic N) is 6. The summed E-state index contributed by atoms with van der Waals surface area (Å²) in [5.41, 5.74) is 1.78. The molecule has 0 saturated carbocycles. The van der Waals surface area contributed by atoms with Gasteiger partial charge in [0.05, 0.1) is 17.2 Å². The Labute approximate surface area is 271 Å². The fourth-order valence-corrected chi connectivity index (χ4v) is 7.00. The molecule has 0 amide bonds. The summed E-state index contributed by atoms with van der Waals surface area (Å²) in [7, 11) is 1.96. The number of piperidine rings is 1. The first-order valence-corrected chi connectivity index (χ1v) is 16.2. The monoisotopic (exact) mass is 653 g/mol. The third-order valence-corrected chi connectivity index (χ3v) is 9.47. The van der Waals surface area contributed by atoms with Crippen LogP contribution in [0, 0.1) is 6.92 Å². The number of aryl methyl sites for hydroxylation is 1. The number of alkyl halides is 3. The quantitative estimate of drug-likeness (QED) is 0.231. The van der Waals surface area contributed by atoms with Crippen LogP contribution in [-0.4, -0.2) is 77.2 Å². The van der Waals surface area contributed by atoms with Crippen molar-refractivity contribution in [1.29, 1.82) is 0 Å². The van der Waals surface area contributed by atoms with Crippen LogP contribution < -0.4 is 15.8 Å². The highest BCUT2D eigenvalue weighted by atomic mass is 35.5. The standard InChI is InChI=1S/C34H39ClF3N7O/c1-4-13-43-14-7-8-24(21-43)45-31-26(22(2)30(32(45)46)25-9-5-6-10-28(25)35)20-39-33(41-31)40-23-11-12-29(27(19-23)34(36,37)38)44-17-15-42(3)16-18-44/h5-6,9-12,19-20,24H,4,7-8,13-18,21H2,1-3H3,(H,39,40,41)/t24-/m0/s1. The van der Waals surface area contributed by atoms with Crippen LogP contribution in [-0.2, 0) is 6.18 Å². The molecule has 0 aliphatic carbocycles. The van der Waals surface area contributed by atoms with E-state index in [-0.39, 0.29) is 28.9 Å². The molecular weight excluding hydrogens is 615 g/mol. The molecule has 4 heterocycles. The van der Waals surface area contributed by atoms with Crippen molar-refractivity contribution in [3.8, 4) is 11.1 Å². The number of hydrogen-bond acceptors (Lipinski definition) is 7. The summed E-state index contributed by atoms with van der Waals surface area (Å²) in [6.07, 6.45) is -0.157. The Bertz CT molecular complexity index is 1780. The van der Waals surface area contributed by atoms with E-state index in [2.05, 4.69) is 27.0 Å². The molecule has 12 heteroatoms. The highest BCUT2D eigenvalue weighted by Crippen LogP contribution is 2.39. The Morgan fingerprint density at radius 1 is 1.07 bits per heavy atom. The van der Waals surface area contributed by atoms with Crippen molar-refractivity contribution in [3.63, 3.8) is 0 Å². The third-order valence-electron chi connectivity index (χ3n) is 9.14. The lowest BCUT2D eigenvalue weighted by molar-refractivity contribution is -0.137. The molecule has 0 unspecified atom stereocenters. The fourth-order valence-electron chi connectivity index (χ4n) is 6.77. The maximum atomic E-state index is 14.4. The first-order valence-electron chi connectivity index (χ1n) is 15.9. The van der Waals surface area contributed by atoms with E-state index in [9.17, 15) is 18.0 Å². The molecular formula is C34H39ClF3N7O. The van der Waals surface area contributed by atoms with E-state index >= 15 is 0 Å². The molecule has 244 valence electrons. The number of piperazine rings is 1. The van der Waals surface area contributed by atoms with Crippen molar-refractivity contribution in [2.45, 2.75) is 45.3 Å². The lowest BCUT2D eigenvalue weighted by Crippen LogP contribution is -2.45. The van der Waals surface area contributed by atoms with Crippen molar-refractivity contribution < 1.29 is 13.2 Å². The summed E-state index contributed by atoms with van der Waals surface area (Å²) in [4.78, 5) is 30.0. The van der Waals surface area contributed by atoms with Crippen LogP contribution in [0.1, 0.15) is 43.4 Å². The fraction of sp³-hybridized carbons (Fsp3) is 0.441. The third kappa shape index (κ3) is 6.45. The number of benzene rings is 2. The van der Waals surface area contributed by atoms with Crippen LogP contribution in [0.4, 0.5) is 30.5 Å². The second-order valence-electron chi connectivity index (χ2n) is 12.3. The van der Waals surface area contributed by atoms with Gasteiger partial charge in [0.2, 0.25) is 5.95 Å². The molecule has 2 saturated heterocycles. The average molecular weight is 654 g/mol. The van der Waals surface area contributed by atoms with Crippen LogP contribution >= 0.6 is 11.6 Å². The maximum Gasteiger partial charge on any atom is 0.418 e. The molecule has 46 heavy (non-hydrogen) atoms. The molecule has 4 aromatic rings. The van der Waals surface area contributed by atoms with Crippen molar-refractivity contribution in [1.82, 2.24) is 24.3 Å². The Morgan fingerprint density at radius 2 is 1.83 bits per heavy atom. The largest absolute Gasteiger partial charge is 0.418 e. The van der Waals surface area contributed by atoms with Gasteiger partial charge in [-0.05, 0) is 76.2 Å². The van der Waals surface area contributed by atoms with E-state index in [4.69, 9.17) is 16.6 Å². The molecule has 0 bridgehead atoms. The van der Waals surface area contributed by atoms with Gasteiger partial charge in [0.15, 0.2) is 0 Å². The number of rotatable bonds is 7. The van der Waals surface area contributed by atoms with E-state index < -0.39 is 11.7 Å². The second kappa shape index (κ2) is 13.2. The summed E-state index contributed by atoms with van der Waals surface area (Å²) in [6.45, 7) is 9.02. The van der Waals surface area contributed by atoms with E-state index in [0.29, 0.717) is 65.5 Å². The van der Waals surface area contributed by atoms with Gasteiger partial charge in [-0.15, -0.1) is 0 Å². The predicted molar refractivity (Wildman–Crippen MR) is 178 cm³/mol. The zero-order chi connectivity index (χ0) is 32.6. The molecule has 2 aromatic carbocycles. The van der Waals surface area contributed by atoms with Crippen molar-refractivity contribution >= 4 is 40.0 Å². The molecule has 1 atom stereocenters. The minimum Gasteiger partial charge on any atom is -0.368 e. The molecule has 0 radical (unpaired) electrons. The SMILES string of the molecule is CCCN1CCC[C@H](n2c(=O)c(-c3ccccc3Cl)c(C)c3cnc(Nc4ccc(N5CCN(C)CC5)c(C(F)(F)F)c4)nc32)C1. The minimum absolute atomic E-state index is 0.118. The van der Waals surface area contributed by atoms with Gasteiger partial charge >= 0.3 is 6.18 Å². The Balaban J connectivity index is 1.44. The van der Waals surface area contributed by atoms with Crippen molar-refractivity contribution in [2.24, 2.45) is 0 Å². The molecule has 2 fully saturated rings. The lowest BCUT2D eigenvalue weighted by atomic mass is 9.98. The van der Waals surface area contributed by atoms with Gasteiger partial charge in [-0.3, -0.25) is 9.36 Å². The predicted octanol–water partition coefficient (Wildman–Crippen LogP) is 6.98. The summed E-state index contributed by atoms with van der Waals surface area (Å²) in [6, 6.07) is 11.4. The van der Waals surface area contributed by atoms with Crippen molar-refractivity contribution in [3.05, 3.63) is 75.2 Å². The zero-order valence-corrected chi connectivity index (χ0v) is 27.1. The molecule has 0 spiro atoms. The summed E-state index contributed by atoms with van der Waals surface area (Å²) < 4.78 is 44.7. The summed E-state index contributed by atoms with van der Waals surface area (Å²) in [5.74, 6) is 0.118. The van der Waals surface area contributed by atoms with Gasteiger partial charge in [-0.1, -0.05) is 36.7 Å². The zero-order valence-electron chi connectivity index (χ0n) is 26.4. The Kier molecular flexibility index (Phi) is 9.27. The van der Waals surface area contributed by atoms with E-state index in [1.54, 1.807) is 27.8 Å². The van der Waals surface area contributed by atoms with Gasteiger partial charge in [0.25, 0.3) is 5.56 Å². The van der Waals surface area contributed by atoms with Crippen molar-refractivity contribution in [2.75, 3.05) is 63.1 Å². The normalized spacial score (nSPS) is 18.3. The van der Waals surface area contributed by atoms with Gasteiger partial charge in [-0.25, -0.2) is 4.98 Å². The number of pyridine rings is 1. The highest BCUT2D eigenvalue weighted by molar-refractivity contribution is 6.33. The molecule has 2 aromatic heterocycles. The number of likely N-dealkylation sites (tertiary alicyclic amines) is 1. The number of nitrogens with one attached hydrogen (secondary N) is 1. The number of anilines is 3. The number of aromatic nitrogens is 3. The lowest BCUT2D eigenvalue weighted by Gasteiger charge is -2.35. The molecule has 2 aliphatic heterocycles. The van der Waals surface area contributed by atoms with Gasteiger partial charge in [0.1, 0.15) is 5.65 Å². The van der Waals surface area contributed by atoms with Crippen LogP contribution in [0.3, 0.4) is 0 Å². The van der Waals surface area contributed by atoms with Crippen LogP contribution in [0.5, 0.6) is 0 Å². The number of hydrogen-bond donors (Lipinski definition) is 1. The van der Waals surface area contributed by atoms with Crippen LogP contribution in [0.2, 0.25) is 5.02 Å². The molecule has 6 rings (SSSR count). The van der Waals surface area contributed by atoms with E-state index in [0.717, 1.165) is 38.4 Å². The van der Waals surface area contributed by atoms with Gasteiger partial charge in [0, 0.05) is 66.3 Å². The molecule has 1 N–H and O–H groups in total. The average Bonchev–Trinajstić information content (AvgIpc) is 3.02. The van der Waals surface area contributed by atoms with Gasteiger partial charge < -0.3 is 20.0 Å². The van der Waals surface area contributed by atoms with Crippen LogP contribution in [0.15, 0.2) is 53.5 Å². The number of halogens is 4. The van der Waals surface area contributed by atoms with E-state index in [1.165, 1.54) is 6.07 Å². The first-order chi connectivity index (χ1) is 22.0. The Hall–Kier alpha value is -3.67. The topological polar surface area (TPSA) is 69.5 Å². The summed E-state index contributed by atoms with van der Waals surface area (Å²) in [5, 5.41) is 4.17. The minimum atomic E-state index is -4.54. The Morgan fingerprint density at radius 3 is 2.54 bits per heavy atom. The highest BCUT2D eigenvalue weighted by Gasteiger charge is 2.36. The first kappa shape index (κ1) is 32.3. The van der Waals surface area contributed by atoms with Crippen LogP contribution in [0.25, 0.3) is 22.2 Å².